The summed E-state index contributed by atoms with van der Waals surface area (Å²) in [4.78, 5) is 63.8. The fourth-order valence-corrected chi connectivity index (χ4v) is 6.21. The summed E-state index contributed by atoms with van der Waals surface area (Å²) in [7, 11) is 2.61. The van der Waals surface area contributed by atoms with Crippen LogP contribution in [0.25, 0.3) is 0 Å². The number of aliphatic carboxylic acids is 1. The number of β-lactam (4-membered cyclic amide) rings is 1. The second-order valence-corrected chi connectivity index (χ2v) is 9.56. The molecule has 4 N–H and O–H groups in total. The Balaban J connectivity index is 1.97. The third kappa shape index (κ3) is 3.91. The predicted octanol–water partition coefficient (Wildman–Crippen LogP) is -0.00950. The summed E-state index contributed by atoms with van der Waals surface area (Å²) in [5.41, 5.74) is 6.00. The maximum atomic E-state index is 12.8. The molecule has 0 aromatic carbocycles. The van der Waals surface area contributed by atoms with E-state index in [9.17, 15) is 24.3 Å². The van der Waals surface area contributed by atoms with Gasteiger partial charge in [0.1, 0.15) is 19.0 Å². The number of fused-ring (bicyclic) bond motifs is 1. The largest absolute Gasteiger partial charge is 0.477 e. The number of thiazole rings is 1. The average Bonchev–Trinajstić information content (AvgIpc) is 3.38. The number of nitrogen functional groups attached to an aromatic ring is 1. The predicted molar refractivity (Wildman–Crippen MR) is 121 cm³/mol. The van der Waals surface area contributed by atoms with Crippen LogP contribution in [0.4, 0.5) is 5.13 Å². The topological polar surface area (TPSA) is 177 Å². The molecule has 2 unspecified atom stereocenters. The molecule has 13 nitrogen and oxygen atoms in total. The number of carbonyl (C=O) groups excluding carboxylic acids is 3. The van der Waals surface area contributed by atoms with Gasteiger partial charge in [-0.25, -0.2) is 14.8 Å². The van der Waals surface area contributed by atoms with Crippen LogP contribution in [-0.4, -0.2) is 76.1 Å². The van der Waals surface area contributed by atoms with Crippen molar-refractivity contribution in [1.82, 2.24) is 20.3 Å². The van der Waals surface area contributed by atoms with Crippen LogP contribution < -0.4 is 11.1 Å². The molecule has 1 aromatic rings. The van der Waals surface area contributed by atoms with Gasteiger partial charge in [-0.15, -0.1) is 11.3 Å². The molecule has 4 rings (SSSR count). The van der Waals surface area contributed by atoms with Crippen LogP contribution in [-0.2, 0) is 33.7 Å². The normalized spacial score (nSPS) is 25.7. The molecule has 2 fully saturated rings. The number of hydroxylamine groups is 2. The van der Waals surface area contributed by atoms with Crippen LogP contribution in [0.2, 0.25) is 0 Å². The lowest BCUT2D eigenvalue weighted by molar-refractivity contribution is -0.164. The Bertz CT molecular complexity index is 1160. The van der Waals surface area contributed by atoms with Crippen molar-refractivity contribution in [1.29, 1.82) is 0 Å². The molecule has 15 heteroatoms. The van der Waals surface area contributed by atoms with Crippen LogP contribution in [0.5, 0.6) is 0 Å². The van der Waals surface area contributed by atoms with Crippen LogP contribution in [0.3, 0.4) is 0 Å². The molecular weight excluding hydrogens is 488 g/mol. The lowest BCUT2D eigenvalue weighted by atomic mass is 9.94. The number of oxime groups is 1. The van der Waals surface area contributed by atoms with E-state index in [2.05, 4.69) is 20.3 Å². The van der Waals surface area contributed by atoms with Gasteiger partial charge < -0.3 is 21.0 Å². The second kappa shape index (κ2) is 9.08. The van der Waals surface area contributed by atoms with Crippen molar-refractivity contribution in [2.75, 3.05) is 26.5 Å². The van der Waals surface area contributed by atoms with E-state index < -0.39 is 28.0 Å². The van der Waals surface area contributed by atoms with E-state index in [-0.39, 0.29) is 53.0 Å². The molecule has 34 heavy (non-hydrogen) atoms. The highest BCUT2D eigenvalue weighted by molar-refractivity contribution is 8.01. The molecule has 2 atom stereocenters. The van der Waals surface area contributed by atoms with Gasteiger partial charge in [0, 0.05) is 16.5 Å². The van der Waals surface area contributed by atoms with Crippen molar-refractivity contribution < 1.29 is 34.0 Å². The van der Waals surface area contributed by atoms with Crippen molar-refractivity contribution >= 4 is 58.1 Å². The zero-order valence-corrected chi connectivity index (χ0v) is 19.6. The SMILES string of the molecule is CON=CC(=O)NC1(c2csc(N)n2)SC2CC(=O)N2C(C(=O)O)=C1C=C1CCN(OC)C1=O. The highest BCUT2D eigenvalue weighted by atomic mass is 32.2. The first kappa shape index (κ1) is 23.7. The third-order valence-corrected chi connectivity index (χ3v) is 7.59. The van der Waals surface area contributed by atoms with Crippen molar-refractivity contribution in [2.24, 2.45) is 5.16 Å². The van der Waals surface area contributed by atoms with Gasteiger partial charge in [-0.05, 0) is 12.5 Å². The van der Waals surface area contributed by atoms with E-state index in [0.717, 1.165) is 39.3 Å². The van der Waals surface area contributed by atoms with Gasteiger partial charge in [0.2, 0.25) is 5.91 Å². The minimum Gasteiger partial charge on any atom is -0.477 e. The van der Waals surface area contributed by atoms with E-state index in [1.165, 1.54) is 20.3 Å². The van der Waals surface area contributed by atoms with Crippen molar-refractivity contribution in [3.63, 3.8) is 0 Å². The van der Waals surface area contributed by atoms with Crippen LogP contribution >= 0.6 is 23.1 Å². The number of anilines is 1. The van der Waals surface area contributed by atoms with E-state index in [1.54, 1.807) is 5.38 Å². The van der Waals surface area contributed by atoms with E-state index in [4.69, 9.17) is 10.6 Å². The molecule has 3 aliphatic rings. The van der Waals surface area contributed by atoms with Crippen molar-refractivity contribution in [2.45, 2.75) is 23.1 Å². The Morgan fingerprint density at radius 3 is 2.74 bits per heavy atom. The quantitative estimate of drug-likeness (QED) is 0.196. The Hall–Kier alpha value is -3.43. The summed E-state index contributed by atoms with van der Waals surface area (Å²) in [5, 5.41) is 18.7. The smallest absolute Gasteiger partial charge is 0.353 e. The average molecular weight is 509 g/mol. The molecule has 180 valence electrons. The number of carboxylic acids is 1. The van der Waals surface area contributed by atoms with Gasteiger partial charge >= 0.3 is 5.97 Å². The Morgan fingerprint density at radius 2 is 2.18 bits per heavy atom. The minimum absolute atomic E-state index is 0.0000647. The summed E-state index contributed by atoms with van der Waals surface area (Å²) in [6.07, 6.45) is 2.59. The number of carboxylic acid groups (broad SMARTS) is 1. The van der Waals surface area contributed by atoms with Gasteiger partial charge in [-0.3, -0.25) is 24.1 Å². The summed E-state index contributed by atoms with van der Waals surface area (Å²) in [5.74, 6) is -2.95. The Morgan fingerprint density at radius 1 is 1.41 bits per heavy atom. The van der Waals surface area contributed by atoms with Crippen LogP contribution in [0.15, 0.2) is 33.5 Å². The van der Waals surface area contributed by atoms with Crippen molar-refractivity contribution in [3.8, 4) is 0 Å². The monoisotopic (exact) mass is 508 g/mol. The number of nitrogens with zero attached hydrogens (tertiary/aromatic N) is 4. The molecule has 0 spiro atoms. The maximum Gasteiger partial charge on any atom is 0.353 e. The lowest BCUT2D eigenvalue weighted by Crippen LogP contribution is -2.60. The number of nitrogens with one attached hydrogen (secondary N) is 1. The number of thioether (sulfide) groups is 1. The van der Waals surface area contributed by atoms with E-state index in [0.29, 0.717) is 0 Å². The molecule has 3 aliphatic heterocycles. The number of nitrogens with two attached hydrogens (primary N) is 1. The van der Waals surface area contributed by atoms with Crippen LogP contribution in [0.1, 0.15) is 18.5 Å². The standard InChI is InChI=1S/C19H20N6O7S2/c1-31-21-7-12(26)23-19(11-8-33-18(20)22-11)10(5-9-3-4-24(32-2)16(9)28)15(17(29)30)25-13(27)6-14(25)34-19/h5,7-8,14H,3-4,6H2,1-2H3,(H2,20,22)(H,23,26)(H,29,30). The fraction of sp³-hybridized carbons (Fsp3) is 0.368. The summed E-state index contributed by atoms with van der Waals surface area (Å²) in [6.45, 7) is 0.263. The zero-order chi connectivity index (χ0) is 24.6. The van der Waals surface area contributed by atoms with Gasteiger partial charge in [-0.2, -0.15) is 0 Å². The first-order valence-corrected chi connectivity index (χ1v) is 11.6. The molecule has 0 saturated carbocycles. The minimum atomic E-state index is -1.59. The van der Waals surface area contributed by atoms with Gasteiger partial charge in [0.25, 0.3) is 11.8 Å². The maximum absolute atomic E-state index is 12.8. The van der Waals surface area contributed by atoms with Crippen molar-refractivity contribution in [3.05, 3.63) is 34.0 Å². The third-order valence-electron chi connectivity index (χ3n) is 5.38. The highest BCUT2D eigenvalue weighted by Crippen LogP contribution is 2.54. The summed E-state index contributed by atoms with van der Waals surface area (Å²) < 4.78 is 0. The molecule has 4 heterocycles. The van der Waals surface area contributed by atoms with E-state index in [1.807, 2.05) is 0 Å². The molecule has 0 radical (unpaired) electrons. The van der Waals surface area contributed by atoms with E-state index >= 15 is 0 Å². The number of hydrogen-bond acceptors (Lipinski definition) is 11. The number of aromatic nitrogens is 1. The van der Waals surface area contributed by atoms with Gasteiger partial charge in [-0.1, -0.05) is 16.9 Å². The first-order chi connectivity index (χ1) is 16.2. The molecule has 2 saturated heterocycles. The second-order valence-electron chi connectivity index (χ2n) is 7.28. The summed E-state index contributed by atoms with van der Waals surface area (Å²) in [6, 6.07) is 0. The number of carbonyl (C=O) groups is 4. The molecule has 0 aliphatic carbocycles. The number of hydrogen-bond donors (Lipinski definition) is 3. The highest BCUT2D eigenvalue weighted by Gasteiger charge is 2.56. The van der Waals surface area contributed by atoms with Crippen LogP contribution in [0, 0.1) is 0 Å². The Labute approximate surface area is 201 Å². The van der Waals surface area contributed by atoms with Gasteiger partial charge in [0.05, 0.1) is 31.1 Å². The fourth-order valence-electron chi connectivity index (χ4n) is 3.89. The Kier molecular flexibility index (Phi) is 6.33. The lowest BCUT2D eigenvalue weighted by Gasteiger charge is -2.50. The summed E-state index contributed by atoms with van der Waals surface area (Å²) >= 11 is 2.22. The number of amides is 3. The molecular formula is C19H20N6O7S2. The molecule has 0 bridgehead atoms. The number of rotatable bonds is 7. The zero-order valence-electron chi connectivity index (χ0n) is 18.0. The molecule has 1 aromatic heterocycles. The van der Waals surface area contributed by atoms with Gasteiger partial charge in [0.15, 0.2) is 10.0 Å². The first-order valence-electron chi connectivity index (χ1n) is 9.86. The molecule has 3 amide bonds.